The summed E-state index contributed by atoms with van der Waals surface area (Å²) in [5.41, 5.74) is 1.35. The van der Waals surface area contributed by atoms with Crippen LogP contribution in [0.15, 0.2) is 48.5 Å². The molecule has 0 aliphatic heterocycles. The molecule has 0 bridgehead atoms. The van der Waals surface area contributed by atoms with Crippen LogP contribution in [0.3, 0.4) is 0 Å². The topological polar surface area (TPSA) is 67.0 Å². The standard InChI is InChI=1S/C21H24FN3O2/c1-21(2,3)19(13-27-18-11-7-5-9-15(18)22)23-20(26)12-17-14-8-4-6-10-16(14)24-25-17/h4-11,19H,12-13H2,1-3H3,(H,23,26)(H,24,25). The molecule has 3 rings (SSSR count). The smallest absolute Gasteiger partial charge is 0.226 e. The highest BCUT2D eigenvalue weighted by Gasteiger charge is 2.27. The van der Waals surface area contributed by atoms with Gasteiger partial charge in [0.1, 0.15) is 6.61 Å². The molecule has 1 unspecified atom stereocenters. The van der Waals surface area contributed by atoms with E-state index in [2.05, 4.69) is 15.5 Å². The zero-order valence-electron chi connectivity index (χ0n) is 15.8. The van der Waals surface area contributed by atoms with Gasteiger partial charge in [-0.2, -0.15) is 5.10 Å². The number of carbonyl (C=O) groups excluding carboxylic acids is 1. The quantitative estimate of drug-likeness (QED) is 0.693. The van der Waals surface area contributed by atoms with Gasteiger partial charge in [-0.05, 0) is 23.6 Å². The Labute approximate surface area is 157 Å². The van der Waals surface area contributed by atoms with E-state index in [9.17, 15) is 9.18 Å². The SMILES string of the molecule is CC(C)(C)C(COc1ccccc1F)NC(=O)Cc1[nH]nc2ccccc12. The number of H-pyrrole nitrogens is 1. The largest absolute Gasteiger partial charge is 0.488 e. The van der Waals surface area contributed by atoms with Gasteiger partial charge in [0, 0.05) is 5.39 Å². The fourth-order valence-electron chi connectivity index (χ4n) is 2.80. The summed E-state index contributed by atoms with van der Waals surface area (Å²) < 4.78 is 19.4. The number of rotatable bonds is 6. The zero-order chi connectivity index (χ0) is 19.4. The second-order valence-electron chi connectivity index (χ2n) is 7.62. The van der Waals surface area contributed by atoms with Gasteiger partial charge in [0.15, 0.2) is 11.6 Å². The van der Waals surface area contributed by atoms with E-state index in [0.717, 1.165) is 16.6 Å². The van der Waals surface area contributed by atoms with Gasteiger partial charge in [-0.1, -0.05) is 51.1 Å². The molecule has 0 fully saturated rings. The Hall–Kier alpha value is -2.89. The van der Waals surface area contributed by atoms with Crippen LogP contribution >= 0.6 is 0 Å². The molecule has 1 aromatic heterocycles. The minimum absolute atomic E-state index is 0.138. The monoisotopic (exact) mass is 369 g/mol. The molecule has 2 N–H and O–H groups in total. The number of carbonyl (C=O) groups is 1. The molecule has 6 heteroatoms. The fraction of sp³-hybridized carbons (Fsp3) is 0.333. The molecular formula is C21H24FN3O2. The number of aromatic nitrogens is 2. The Morgan fingerprint density at radius 3 is 2.63 bits per heavy atom. The fourth-order valence-corrected chi connectivity index (χ4v) is 2.80. The van der Waals surface area contributed by atoms with Crippen molar-refractivity contribution in [1.29, 1.82) is 0 Å². The lowest BCUT2D eigenvalue weighted by molar-refractivity contribution is -0.122. The first-order valence-electron chi connectivity index (χ1n) is 8.93. The lowest BCUT2D eigenvalue weighted by Gasteiger charge is -2.31. The molecule has 1 amide bonds. The van der Waals surface area contributed by atoms with Gasteiger partial charge in [0.25, 0.3) is 0 Å². The predicted octanol–water partition coefficient (Wildman–Crippen LogP) is 3.85. The number of nitrogens with zero attached hydrogens (tertiary/aromatic N) is 1. The molecular weight excluding hydrogens is 345 g/mol. The molecule has 0 aliphatic carbocycles. The van der Waals surface area contributed by atoms with Gasteiger partial charge in [-0.25, -0.2) is 4.39 Å². The maximum absolute atomic E-state index is 13.8. The molecule has 0 saturated carbocycles. The van der Waals surface area contributed by atoms with Gasteiger partial charge in [0.05, 0.1) is 23.7 Å². The summed E-state index contributed by atoms with van der Waals surface area (Å²) in [6.45, 7) is 6.21. The summed E-state index contributed by atoms with van der Waals surface area (Å²) >= 11 is 0. The number of halogens is 1. The summed E-state index contributed by atoms with van der Waals surface area (Å²) in [5.74, 6) is -0.373. The lowest BCUT2D eigenvalue weighted by atomic mass is 9.87. The van der Waals surface area contributed by atoms with Crippen molar-refractivity contribution in [3.63, 3.8) is 0 Å². The van der Waals surface area contributed by atoms with Crippen molar-refractivity contribution in [2.75, 3.05) is 6.61 Å². The van der Waals surface area contributed by atoms with Gasteiger partial charge < -0.3 is 10.1 Å². The maximum atomic E-state index is 13.8. The average molecular weight is 369 g/mol. The van der Waals surface area contributed by atoms with Crippen molar-refractivity contribution in [2.45, 2.75) is 33.2 Å². The van der Waals surface area contributed by atoms with Crippen LogP contribution in [0.5, 0.6) is 5.75 Å². The molecule has 142 valence electrons. The van der Waals surface area contributed by atoms with E-state index in [4.69, 9.17) is 4.74 Å². The maximum Gasteiger partial charge on any atom is 0.226 e. The highest BCUT2D eigenvalue weighted by Crippen LogP contribution is 2.23. The molecule has 1 atom stereocenters. The number of hydrogen-bond acceptors (Lipinski definition) is 3. The first-order chi connectivity index (χ1) is 12.8. The number of benzene rings is 2. The molecule has 2 aromatic carbocycles. The Bertz CT molecular complexity index is 930. The van der Waals surface area contributed by atoms with Crippen LogP contribution in [0, 0.1) is 11.2 Å². The van der Waals surface area contributed by atoms with Crippen LogP contribution in [0.2, 0.25) is 0 Å². The van der Waals surface area contributed by atoms with Crippen LogP contribution in [-0.2, 0) is 11.2 Å². The minimum Gasteiger partial charge on any atom is -0.488 e. The van der Waals surface area contributed by atoms with E-state index in [-0.39, 0.29) is 36.1 Å². The van der Waals surface area contributed by atoms with Crippen LogP contribution in [0.25, 0.3) is 10.9 Å². The molecule has 5 nitrogen and oxygen atoms in total. The Balaban J connectivity index is 1.67. The van der Waals surface area contributed by atoms with Crippen molar-refractivity contribution < 1.29 is 13.9 Å². The highest BCUT2D eigenvalue weighted by molar-refractivity contribution is 5.87. The van der Waals surface area contributed by atoms with E-state index in [1.807, 2.05) is 45.0 Å². The second-order valence-corrected chi connectivity index (χ2v) is 7.62. The third-order valence-corrected chi connectivity index (χ3v) is 4.50. The molecule has 3 aromatic rings. The third-order valence-electron chi connectivity index (χ3n) is 4.50. The van der Waals surface area contributed by atoms with Crippen molar-refractivity contribution >= 4 is 16.8 Å². The van der Waals surface area contributed by atoms with Crippen LogP contribution in [0.4, 0.5) is 4.39 Å². The average Bonchev–Trinajstić information content (AvgIpc) is 3.02. The van der Waals surface area contributed by atoms with Crippen molar-refractivity contribution in [3.8, 4) is 5.75 Å². The van der Waals surface area contributed by atoms with E-state index in [1.54, 1.807) is 18.2 Å². The minimum atomic E-state index is -0.416. The Morgan fingerprint density at radius 1 is 1.19 bits per heavy atom. The lowest BCUT2D eigenvalue weighted by Crippen LogP contribution is -2.48. The molecule has 1 heterocycles. The summed E-state index contributed by atoms with van der Waals surface area (Å²) in [4.78, 5) is 12.6. The number of hydrogen-bond donors (Lipinski definition) is 2. The second kappa shape index (κ2) is 7.78. The van der Waals surface area contributed by atoms with Gasteiger partial charge >= 0.3 is 0 Å². The van der Waals surface area contributed by atoms with Crippen LogP contribution in [-0.4, -0.2) is 28.8 Å². The normalized spacial score (nSPS) is 12.7. The number of aromatic amines is 1. The van der Waals surface area contributed by atoms with Crippen molar-refractivity contribution in [2.24, 2.45) is 5.41 Å². The van der Waals surface area contributed by atoms with Crippen molar-refractivity contribution in [3.05, 3.63) is 60.0 Å². The highest BCUT2D eigenvalue weighted by atomic mass is 19.1. The molecule has 0 saturated heterocycles. The van der Waals surface area contributed by atoms with E-state index < -0.39 is 5.82 Å². The number of para-hydroxylation sites is 2. The number of fused-ring (bicyclic) bond motifs is 1. The summed E-state index contributed by atoms with van der Waals surface area (Å²) in [5, 5.41) is 11.1. The van der Waals surface area contributed by atoms with E-state index >= 15 is 0 Å². The van der Waals surface area contributed by atoms with Gasteiger partial charge in [-0.15, -0.1) is 0 Å². The number of nitrogens with one attached hydrogen (secondary N) is 2. The van der Waals surface area contributed by atoms with Gasteiger partial charge in [-0.3, -0.25) is 9.89 Å². The molecule has 27 heavy (non-hydrogen) atoms. The molecule has 0 radical (unpaired) electrons. The van der Waals surface area contributed by atoms with E-state index in [1.165, 1.54) is 6.07 Å². The Morgan fingerprint density at radius 2 is 1.89 bits per heavy atom. The molecule has 0 spiro atoms. The summed E-state index contributed by atoms with van der Waals surface area (Å²) in [6, 6.07) is 13.6. The van der Waals surface area contributed by atoms with E-state index in [0.29, 0.717) is 0 Å². The summed E-state index contributed by atoms with van der Waals surface area (Å²) in [7, 11) is 0. The third kappa shape index (κ3) is 4.64. The Kier molecular flexibility index (Phi) is 5.44. The van der Waals surface area contributed by atoms with Crippen molar-refractivity contribution in [1.82, 2.24) is 15.5 Å². The molecule has 0 aliphatic rings. The number of amides is 1. The summed E-state index contributed by atoms with van der Waals surface area (Å²) in [6.07, 6.45) is 0.187. The van der Waals surface area contributed by atoms with Crippen LogP contribution in [0.1, 0.15) is 26.5 Å². The zero-order valence-corrected chi connectivity index (χ0v) is 15.8. The van der Waals surface area contributed by atoms with Gasteiger partial charge in [0.2, 0.25) is 5.91 Å². The number of ether oxygens (including phenoxy) is 1. The first-order valence-corrected chi connectivity index (χ1v) is 8.93. The predicted molar refractivity (Wildman–Crippen MR) is 103 cm³/mol. The first kappa shape index (κ1) is 18.9. The van der Waals surface area contributed by atoms with Crippen LogP contribution < -0.4 is 10.1 Å².